The second-order valence-corrected chi connectivity index (χ2v) is 3.31. The van der Waals surface area contributed by atoms with Crippen molar-refractivity contribution in [3.05, 3.63) is 11.9 Å². The van der Waals surface area contributed by atoms with Gasteiger partial charge in [-0.3, -0.25) is 4.79 Å². The van der Waals surface area contributed by atoms with Gasteiger partial charge < -0.3 is 15.5 Å². The van der Waals surface area contributed by atoms with Gasteiger partial charge in [0, 0.05) is 19.0 Å². The second-order valence-electron chi connectivity index (χ2n) is 3.31. The maximum absolute atomic E-state index is 10.9. The Hall–Kier alpha value is -1.89. The minimum atomic E-state index is -0.264. The van der Waals surface area contributed by atoms with E-state index in [4.69, 9.17) is 5.84 Å². The minimum Gasteiger partial charge on any atom is -0.469 e. The number of nitrogens with two attached hydrogens (primary N) is 1. The molecule has 0 atom stereocenters. The van der Waals surface area contributed by atoms with E-state index in [0.29, 0.717) is 30.4 Å². The molecule has 94 valence electrons. The van der Waals surface area contributed by atoms with Crippen LogP contribution in [0.3, 0.4) is 0 Å². The zero-order chi connectivity index (χ0) is 12.7. The van der Waals surface area contributed by atoms with Gasteiger partial charge in [-0.15, -0.1) is 0 Å². The lowest BCUT2D eigenvalue weighted by atomic mass is 10.4. The molecule has 7 heteroatoms. The number of aromatic nitrogens is 2. The summed E-state index contributed by atoms with van der Waals surface area (Å²) < 4.78 is 4.53. The molecule has 1 aromatic rings. The molecule has 0 aliphatic carbocycles. The molecule has 1 rings (SSSR count). The van der Waals surface area contributed by atoms with E-state index in [1.165, 1.54) is 7.11 Å². The Bertz CT molecular complexity index is 361. The molecule has 0 aliphatic heterocycles. The van der Waals surface area contributed by atoms with Crippen molar-refractivity contribution < 1.29 is 9.53 Å². The fraction of sp³-hybridized carbons (Fsp3) is 0.500. The monoisotopic (exact) mass is 239 g/mol. The van der Waals surface area contributed by atoms with Crippen LogP contribution in [0.15, 0.2) is 6.07 Å². The zero-order valence-electron chi connectivity index (χ0n) is 9.99. The number of nitrogen functional groups attached to an aromatic ring is 1. The van der Waals surface area contributed by atoms with Crippen LogP contribution in [0.4, 0.5) is 11.6 Å². The lowest BCUT2D eigenvalue weighted by Gasteiger charge is -2.08. The first-order chi connectivity index (χ1) is 8.19. The lowest BCUT2D eigenvalue weighted by Crippen LogP contribution is -2.14. The van der Waals surface area contributed by atoms with Crippen LogP contribution in [0.1, 0.15) is 19.2 Å². The summed E-state index contributed by atoms with van der Waals surface area (Å²) in [5.41, 5.74) is 2.47. The van der Waals surface area contributed by atoms with Gasteiger partial charge in [-0.2, -0.15) is 0 Å². The summed E-state index contributed by atoms with van der Waals surface area (Å²) >= 11 is 0. The lowest BCUT2D eigenvalue weighted by molar-refractivity contribution is -0.140. The van der Waals surface area contributed by atoms with Crippen LogP contribution in [-0.2, 0) is 16.0 Å². The molecule has 0 fully saturated rings. The van der Waals surface area contributed by atoms with Crippen LogP contribution in [0.2, 0.25) is 0 Å². The smallest absolute Gasteiger partial charge is 0.307 e. The van der Waals surface area contributed by atoms with Crippen LogP contribution in [0, 0.1) is 0 Å². The van der Waals surface area contributed by atoms with Gasteiger partial charge in [0.15, 0.2) is 0 Å². The number of nitrogens with zero attached hydrogens (tertiary/aromatic N) is 2. The Morgan fingerprint density at radius 1 is 1.47 bits per heavy atom. The van der Waals surface area contributed by atoms with E-state index in [9.17, 15) is 4.79 Å². The van der Waals surface area contributed by atoms with Crippen molar-refractivity contribution in [2.75, 3.05) is 24.4 Å². The fourth-order valence-corrected chi connectivity index (χ4v) is 1.21. The molecule has 4 N–H and O–H groups in total. The van der Waals surface area contributed by atoms with Crippen molar-refractivity contribution in [2.24, 2.45) is 5.84 Å². The van der Waals surface area contributed by atoms with Crippen molar-refractivity contribution in [2.45, 2.75) is 19.8 Å². The third-order valence-corrected chi connectivity index (χ3v) is 2.10. The number of methoxy groups -OCH3 is 1. The van der Waals surface area contributed by atoms with Gasteiger partial charge >= 0.3 is 5.97 Å². The van der Waals surface area contributed by atoms with Gasteiger partial charge in [0.25, 0.3) is 0 Å². The molecule has 0 amide bonds. The zero-order valence-corrected chi connectivity index (χ0v) is 9.99. The number of hydrazine groups is 1. The van der Waals surface area contributed by atoms with E-state index < -0.39 is 0 Å². The molecule has 7 nitrogen and oxygen atoms in total. The molecule has 0 aromatic carbocycles. The number of hydrogen-bond acceptors (Lipinski definition) is 7. The average molecular weight is 239 g/mol. The molecule has 0 saturated heterocycles. The summed E-state index contributed by atoms with van der Waals surface area (Å²) in [6, 6.07) is 1.68. The first kappa shape index (κ1) is 13.2. The van der Waals surface area contributed by atoms with Crippen molar-refractivity contribution in [3.8, 4) is 0 Å². The van der Waals surface area contributed by atoms with Crippen LogP contribution in [0.5, 0.6) is 0 Å². The third kappa shape index (κ3) is 4.23. The molecule has 0 spiro atoms. The molecule has 1 heterocycles. The van der Waals surface area contributed by atoms with Crippen molar-refractivity contribution >= 4 is 17.6 Å². The number of esters is 1. The van der Waals surface area contributed by atoms with Crippen molar-refractivity contribution in [3.63, 3.8) is 0 Å². The van der Waals surface area contributed by atoms with E-state index in [2.05, 4.69) is 25.4 Å². The van der Waals surface area contributed by atoms with E-state index in [-0.39, 0.29) is 12.4 Å². The topological polar surface area (TPSA) is 102 Å². The Balaban J connectivity index is 2.60. The number of ether oxygens (including phenoxy) is 1. The first-order valence-electron chi connectivity index (χ1n) is 5.34. The molecule has 0 aliphatic rings. The highest BCUT2D eigenvalue weighted by atomic mass is 16.5. The molecule has 0 radical (unpaired) electrons. The summed E-state index contributed by atoms with van der Waals surface area (Å²) in [6.45, 7) is 2.41. The van der Waals surface area contributed by atoms with Gasteiger partial charge in [0.2, 0.25) is 0 Å². The number of carbonyl (C=O) groups excluding carboxylic acids is 1. The summed E-state index contributed by atoms with van der Waals surface area (Å²) in [4.78, 5) is 19.3. The first-order valence-corrected chi connectivity index (χ1v) is 5.34. The van der Waals surface area contributed by atoms with Gasteiger partial charge in [0.05, 0.1) is 13.5 Å². The highest BCUT2D eigenvalue weighted by molar-refractivity contribution is 5.69. The number of hydrogen-bond donors (Lipinski definition) is 3. The van der Waals surface area contributed by atoms with Crippen LogP contribution >= 0.6 is 0 Å². The van der Waals surface area contributed by atoms with Crippen molar-refractivity contribution in [1.82, 2.24) is 9.97 Å². The summed E-state index contributed by atoms with van der Waals surface area (Å²) in [7, 11) is 1.36. The SMILES string of the molecule is CCc1nc(NN)cc(NCCC(=O)OC)n1. The summed E-state index contributed by atoms with van der Waals surface area (Å²) in [6.07, 6.45) is 0.995. The quantitative estimate of drug-likeness (QED) is 0.372. The van der Waals surface area contributed by atoms with Crippen molar-refractivity contribution in [1.29, 1.82) is 0 Å². The molecule has 1 aromatic heterocycles. The van der Waals surface area contributed by atoms with E-state index >= 15 is 0 Å². The van der Waals surface area contributed by atoms with E-state index in [1.807, 2.05) is 6.92 Å². The molecule has 0 saturated carbocycles. The Kier molecular flexibility index (Phi) is 5.15. The summed E-state index contributed by atoms with van der Waals surface area (Å²) in [5.74, 6) is 6.89. The van der Waals surface area contributed by atoms with Gasteiger partial charge in [0.1, 0.15) is 17.5 Å². The molecule has 17 heavy (non-hydrogen) atoms. The number of carbonyl (C=O) groups is 1. The molecule has 0 unspecified atom stereocenters. The Labute approximate surface area is 99.7 Å². The Morgan fingerprint density at radius 3 is 2.76 bits per heavy atom. The van der Waals surface area contributed by atoms with Crippen LogP contribution in [0.25, 0.3) is 0 Å². The van der Waals surface area contributed by atoms with E-state index in [1.54, 1.807) is 6.07 Å². The average Bonchev–Trinajstić information content (AvgIpc) is 2.37. The fourth-order valence-electron chi connectivity index (χ4n) is 1.21. The predicted octanol–water partition coefficient (Wildman–Crippen LogP) is 0.300. The second kappa shape index (κ2) is 6.64. The van der Waals surface area contributed by atoms with Gasteiger partial charge in [-0.25, -0.2) is 15.8 Å². The number of rotatable bonds is 6. The third-order valence-electron chi connectivity index (χ3n) is 2.10. The number of aryl methyl sites for hydroxylation is 1. The van der Waals surface area contributed by atoms with Gasteiger partial charge in [-0.1, -0.05) is 6.92 Å². The molecular formula is C10H17N5O2. The Morgan fingerprint density at radius 2 is 2.18 bits per heavy atom. The van der Waals surface area contributed by atoms with Gasteiger partial charge in [-0.05, 0) is 0 Å². The largest absolute Gasteiger partial charge is 0.469 e. The predicted molar refractivity (Wildman–Crippen MR) is 64.3 cm³/mol. The van der Waals surface area contributed by atoms with Crippen LogP contribution in [-0.4, -0.2) is 29.6 Å². The van der Waals surface area contributed by atoms with Crippen LogP contribution < -0.4 is 16.6 Å². The highest BCUT2D eigenvalue weighted by Crippen LogP contribution is 2.10. The maximum atomic E-state index is 10.9. The molecular weight excluding hydrogens is 222 g/mol. The summed E-state index contributed by atoms with van der Waals surface area (Å²) in [5, 5.41) is 3.01. The van der Waals surface area contributed by atoms with E-state index in [0.717, 1.165) is 0 Å². The standard InChI is InChI=1S/C10H17N5O2/c1-3-7-13-8(6-9(14-7)15-11)12-5-4-10(16)17-2/h6H,3-5,11H2,1-2H3,(H2,12,13,14,15). The maximum Gasteiger partial charge on any atom is 0.307 e. The minimum absolute atomic E-state index is 0.264. The normalized spacial score (nSPS) is 9.82. The number of nitrogens with one attached hydrogen (secondary N) is 2. The molecule has 0 bridgehead atoms. The number of anilines is 2. The highest BCUT2D eigenvalue weighted by Gasteiger charge is 2.04.